The largest absolute Gasteiger partial charge is 0.511 e. The summed E-state index contributed by atoms with van der Waals surface area (Å²) < 4.78 is 5.22. The Morgan fingerprint density at radius 3 is 1.94 bits per heavy atom. The summed E-state index contributed by atoms with van der Waals surface area (Å²) in [6.07, 6.45) is -1.33. The predicted molar refractivity (Wildman–Crippen MR) is 129 cm³/mol. The minimum absolute atomic E-state index is 0.318. The molecule has 0 aromatic heterocycles. The number of rotatable bonds is 4. The number of hydrogen-bond acceptors (Lipinski definition) is 2. The summed E-state index contributed by atoms with van der Waals surface area (Å²) in [6.45, 7) is 0. The summed E-state index contributed by atoms with van der Waals surface area (Å²) in [4.78, 5) is 11.4. The van der Waals surface area contributed by atoms with E-state index >= 15 is 0 Å². The second kappa shape index (κ2) is 8.40. The van der Waals surface area contributed by atoms with E-state index in [9.17, 15) is 9.90 Å². The Labute approximate surface area is 186 Å². The van der Waals surface area contributed by atoms with Crippen LogP contribution in [0.15, 0.2) is 115 Å². The lowest BCUT2D eigenvalue weighted by atomic mass is 9.90. The van der Waals surface area contributed by atoms with Gasteiger partial charge >= 0.3 is 6.16 Å². The van der Waals surface area contributed by atoms with Gasteiger partial charge in [0.1, 0.15) is 5.75 Å². The molecule has 0 bridgehead atoms. The molecule has 5 aromatic carbocycles. The van der Waals surface area contributed by atoms with Crippen LogP contribution in [0.5, 0.6) is 5.75 Å². The van der Waals surface area contributed by atoms with E-state index in [0.717, 1.165) is 44.2 Å². The molecule has 0 amide bonds. The van der Waals surface area contributed by atoms with E-state index in [1.165, 1.54) is 0 Å². The molecule has 0 aliphatic rings. The van der Waals surface area contributed by atoms with E-state index in [1.54, 1.807) is 6.07 Å². The summed E-state index contributed by atoms with van der Waals surface area (Å²) >= 11 is 0. The van der Waals surface area contributed by atoms with Gasteiger partial charge in [0, 0.05) is 5.56 Å². The zero-order chi connectivity index (χ0) is 21.9. The number of carbonyl (C=O) groups is 1. The second-order valence-corrected chi connectivity index (χ2v) is 7.52. The van der Waals surface area contributed by atoms with Crippen molar-refractivity contribution in [1.29, 1.82) is 0 Å². The van der Waals surface area contributed by atoms with Gasteiger partial charge in [-0.25, -0.2) is 4.79 Å². The first-order valence-electron chi connectivity index (χ1n) is 10.4. The second-order valence-electron chi connectivity index (χ2n) is 7.52. The Bertz CT molecular complexity index is 1400. The van der Waals surface area contributed by atoms with Gasteiger partial charge in [0.2, 0.25) is 0 Å². The van der Waals surface area contributed by atoms with E-state index in [-0.39, 0.29) is 0 Å². The van der Waals surface area contributed by atoms with E-state index in [4.69, 9.17) is 4.74 Å². The topological polar surface area (TPSA) is 46.5 Å². The van der Waals surface area contributed by atoms with E-state index in [2.05, 4.69) is 36.4 Å². The van der Waals surface area contributed by atoms with Crippen molar-refractivity contribution < 1.29 is 14.6 Å². The molecule has 1 N–H and O–H groups in total. The van der Waals surface area contributed by atoms with Gasteiger partial charge in [-0.05, 0) is 44.7 Å². The van der Waals surface area contributed by atoms with Crippen molar-refractivity contribution in [3.05, 3.63) is 115 Å². The lowest BCUT2D eigenvalue weighted by Gasteiger charge is -2.16. The summed E-state index contributed by atoms with van der Waals surface area (Å²) in [7, 11) is 0. The lowest BCUT2D eigenvalue weighted by Crippen LogP contribution is -2.05. The van der Waals surface area contributed by atoms with Gasteiger partial charge in [-0.3, -0.25) is 0 Å². The Balaban J connectivity index is 1.70. The van der Waals surface area contributed by atoms with Crippen LogP contribution in [-0.2, 0) is 0 Å². The smallest absolute Gasteiger partial charge is 0.449 e. The van der Waals surface area contributed by atoms with Gasteiger partial charge in [0.05, 0.1) is 0 Å². The molecule has 5 rings (SSSR count). The van der Waals surface area contributed by atoms with Crippen molar-refractivity contribution in [2.24, 2.45) is 0 Å². The van der Waals surface area contributed by atoms with Gasteiger partial charge in [-0.1, -0.05) is 109 Å². The van der Waals surface area contributed by atoms with Crippen molar-refractivity contribution in [2.45, 2.75) is 0 Å². The van der Waals surface area contributed by atoms with Crippen LogP contribution in [0.25, 0.3) is 44.2 Å². The maximum absolute atomic E-state index is 11.4. The van der Waals surface area contributed by atoms with Crippen LogP contribution in [0.4, 0.5) is 4.79 Å². The highest BCUT2D eigenvalue weighted by Crippen LogP contribution is 2.42. The highest BCUT2D eigenvalue weighted by molar-refractivity contribution is 6.02. The maximum atomic E-state index is 11.4. The third-order valence-corrected chi connectivity index (χ3v) is 5.59. The Kier molecular flexibility index (Phi) is 5.14. The van der Waals surface area contributed by atoms with Crippen LogP contribution in [0.1, 0.15) is 0 Å². The first-order chi connectivity index (χ1) is 15.7. The molecule has 0 fully saturated rings. The normalized spacial score (nSPS) is 10.8. The van der Waals surface area contributed by atoms with Crippen molar-refractivity contribution in [3.8, 4) is 39.1 Å². The summed E-state index contributed by atoms with van der Waals surface area (Å²) in [5, 5.41) is 11.5. The fourth-order valence-electron chi connectivity index (χ4n) is 4.14. The quantitative estimate of drug-likeness (QED) is 0.239. The fourth-order valence-corrected chi connectivity index (χ4v) is 4.14. The Morgan fingerprint density at radius 2 is 1.16 bits per heavy atom. The molecule has 0 saturated heterocycles. The zero-order valence-electron chi connectivity index (χ0n) is 17.2. The summed E-state index contributed by atoms with van der Waals surface area (Å²) in [6, 6.07) is 38.2. The SMILES string of the molecule is O=C(O)Oc1cccc(-c2ccc(-c3ccccc3)cc2)c1-c1cccc2ccccc12. The van der Waals surface area contributed by atoms with Gasteiger partial charge in [-0.15, -0.1) is 0 Å². The molecule has 5 aromatic rings. The van der Waals surface area contributed by atoms with Crippen LogP contribution in [-0.4, -0.2) is 11.3 Å². The first kappa shape index (κ1) is 19.6. The molecule has 0 unspecified atom stereocenters. The first-order valence-corrected chi connectivity index (χ1v) is 10.4. The third-order valence-electron chi connectivity index (χ3n) is 5.59. The number of hydrogen-bond donors (Lipinski definition) is 1. The van der Waals surface area contributed by atoms with Gasteiger partial charge in [0.15, 0.2) is 0 Å². The van der Waals surface area contributed by atoms with Crippen LogP contribution in [0, 0.1) is 0 Å². The summed E-state index contributed by atoms with van der Waals surface area (Å²) in [5.41, 5.74) is 5.87. The minimum Gasteiger partial charge on any atom is -0.449 e. The molecule has 0 radical (unpaired) electrons. The van der Waals surface area contributed by atoms with E-state index < -0.39 is 6.16 Å². The van der Waals surface area contributed by atoms with Crippen molar-refractivity contribution in [3.63, 3.8) is 0 Å². The molecule has 3 nitrogen and oxygen atoms in total. The van der Waals surface area contributed by atoms with Gasteiger partial charge < -0.3 is 9.84 Å². The Hall–Kier alpha value is -4.37. The lowest BCUT2D eigenvalue weighted by molar-refractivity contribution is 0.144. The molecule has 0 atom stereocenters. The molecule has 0 aliphatic heterocycles. The van der Waals surface area contributed by atoms with Crippen LogP contribution in [0.3, 0.4) is 0 Å². The highest BCUT2D eigenvalue weighted by Gasteiger charge is 2.18. The molecular formula is C29H20O3. The molecule has 32 heavy (non-hydrogen) atoms. The van der Waals surface area contributed by atoms with Crippen LogP contribution < -0.4 is 4.74 Å². The molecular weight excluding hydrogens is 396 g/mol. The standard InChI is InChI=1S/C29H20O3/c30-29(31)32-27-15-7-13-25(23-18-16-21(17-19-23)20-8-2-1-3-9-20)28(27)26-14-6-11-22-10-4-5-12-24(22)26/h1-19H,(H,30,31). The fraction of sp³-hybridized carbons (Fsp3) is 0. The number of ether oxygens (including phenoxy) is 1. The monoisotopic (exact) mass is 416 g/mol. The molecule has 3 heteroatoms. The van der Waals surface area contributed by atoms with E-state index in [0.29, 0.717) is 5.75 Å². The molecule has 0 saturated carbocycles. The van der Waals surface area contributed by atoms with Crippen LogP contribution in [0.2, 0.25) is 0 Å². The van der Waals surface area contributed by atoms with Gasteiger partial charge in [0.25, 0.3) is 0 Å². The number of fused-ring (bicyclic) bond motifs is 1. The molecule has 0 spiro atoms. The van der Waals surface area contributed by atoms with Gasteiger partial charge in [-0.2, -0.15) is 0 Å². The summed E-state index contributed by atoms with van der Waals surface area (Å²) in [5.74, 6) is 0.318. The average Bonchev–Trinajstić information content (AvgIpc) is 2.84. The number of carboxylic acid groups (broad SMARTS) is 1. The maximum Gasteiger partial charge on any atom is 0.511 e. The van der Waals surface area contributed by atoms with Crippen LogP contribution >= 0.6 is 0 Å². The highest BCUT2D eigenvalue weighted by atomic mass is 16.7. The minimum atomic E-state index is -1.33. The number of benzene rings is 5. The molecule has 154 valence electrons. The Morgan fingerprint density at radius 1 is 0.562 bits per heavy atom. The zero-order valence-corrected chi connectivity index (χ0v) is 17.2. The van der Waals surface area contributed by atoms with Crippen molar-refractivity contribution in [1.82, 2.24) is 0 Å². The third kappa shape index (κ3) is 3.72. The molecule has 0 aliphatic carbocycles. The predicted octanol–water partition coefficient (Wildman–Crippen LogP) is 7.90. The van der Waals surface area contributed by atoms with Crippen molar-refractivity contribution >= 4 is 16.9 Å². The van der Waals surface area contributed by atoms with Crippen molar-refractivity contribution in [2.75, 3.05) is 0 Å². The molecule has 0 heterocycles. The average molecular weight is 416 g/mol. The van der Waals surface area contributed by atoms with E-state index in [1.807, 2.05) is 72.8 Å².